The van der Waals surface area contributed by atoms with Crippen molar-refractivity contribution < 1.29 is 33.3 Å². The summed E-state index contributed by atoms with van der Waals surface area (Å²) in [6.45, 7) is 10.00. The zero-order chi connectivity index (χ0) is 10.2. The third-order valence-corrected chi connectivity index (χ3v) is 7.60. The molecule has 0 amide bonds. The van der Waals surface area contributed by atoms with E-state index in [9.17, 15) is 0 Å². The quantitative estimate of drug-likeness (QED) is 0.676. The molecule has 13 heavy (non-hydrogen) atoms. The van der Waals surface area contributed by atoms with Crippen LogP contribution in [-0.2, 0) is 33.3 Å². The van der Waals surface area contributed by atoms with E-state index in [4.69, 9.17) is 11.3 Å². The van der Waals surface area contributed by atoms with Crippen LogP contribution in [0, 0.1) is 0 Å². The summed E-state index contributed by atoms with van der Waals surface area (Å²) in [5.41, 5.74) is 0. The molecular weight excluding hydrogens is 251 g/mol. The Kier molecular flexibility index (Phi) is 8.52. The van der Waals surface area contributed by atoms with Crippen molar-refractivity contribution in [3.8, 4) is 0 Å². The van der Waals surface area contributed by atoms with E-state index in [1.54, 1.807) is 0 Å². The van der Waals surface area contributed by atoms with Crippen molar-refractivity contribution in [3.05, 3.63) is 0 Å². The molecule has 0 aromatic heterocycles. The van der Waals surface area contributed by atoms with Crippen molar-refractivity contribution in [3.63, 3.8) is 0 Å². The van der Waals surface area contributed by atoms with Gasteiger partial charge in [-0.1, -0.05) is 0 Å². The van der Waals surface area contributed by atoms with E-state index in [2.05, 4.69) is 0 Å². The Morgan fingerprint density at radius 1 is 0.615 bits per heavy atom. The molecular formula is C8H20O4Zr. The van der Waals surface area contributed by atoms with Gasteiger partial charge in [0.15, 0.2) is 0 Å². The summed E-state index contributed by atoms with van der Waals surface area (Å²) in [5, 5.41) is 0. The van der Waals surface area contributed by atoms with Crippen molar-refractivity contribution in [1.29, 1.82) is 0 Å². The normalized spacial score (nSPS) is 12.0. The number of rotatable bonds is 8. The van der Waals surface area contributed by atoms with Crippen LogP contribution < -0.4 is 0 Å². The minimum atomic E-state index is -3.56. The van der Waals surface area contributed by atoms with Crippen LogP contribution in [0.5, 0.6) is 0 Å². The molecule has 0 spiro atoms. The van der Waals surface area contributed by atoms with E-state index in [0.717, 1.165) is 0 Å². The van der Waals surface area contributed by atoms with Crippen LogP contribution in [0.25, 0.3) is 0 Å². The molecule has 5 heteroatoms. The van der Waals surface area contributed by atoms with Gasteiger partial charge in [0.1, 0.15) is 0 Å². The molecule has 0 heterocycles. The Balaban J connectivity index is 4.19. The monoisotopic (exact) mass is 270 g/mol. The molecule has 0 saturated carbocycles. The summed E-state index contributed by atoms with van der Waals surface area (Å²) in [7, 11) is 0. The van der Waals surface area contributed by atoms with Crippen LogP contribution >= 0.6 is 0 Å². The third-order valence-electron chi connectivity index (χ3n) is 1.28. The first kappa shape index (κ1) is 13.7. The maximum absolute atomic E-state index is 5.49. The fourth-order valence-corrected chi connectivity index (χ4v) is 5.66. The van der Waals surface area contributed by atoms with E-state index in [1.807, 2.05) is 27.7 Å². The van der Waals surface area contributed by atoms with Crippen LogP contribution in [0.3, 0.4) is 0 Å². The van der Waals surface area contributed by atoms with Gasteiger partial charge in [-0.25, -0.2) is 0 Å². The molecule has 0 saturated heterocycles. The van der Waals surface area contributed by atoms with Gasteiger partial charge < -0.3 is 0 Å². The van der Waals surface area contributed by atoms with Crippen LogP contribution in [0.2, 0.25) is 0 Å². The van der Waals surface area contributed by atoms with Crippen molar-refractivity contribution in [1.82, 2.24) is 0 Å². The van der Waals surface area contributed by atoms with Gasteiger partial charge >= 0.3 is 87.4 Å². The van der Waals surface area contributed by atoms with Crippen molar-refractivity contribution >= 4 is 0 Å². The summed E-state index contributed by atoms with van der Waals surface area (Å²) in [4.78, 5) is 0. The van der Waals surface area contributed by atoms with Gasteiger partial charge in [-0.2, -0.15) is 0 Å². The summed E-state index contributed by atoms with van der Waals surface area (Å²) < 4.78 is 22.0. The Morgan fingerprint density at radius 3 is 1.00 bits per heavy atom. The predicted octanol–water partition coefficient (Wildman–Crippen LogP) is 1.95. The number of hydrogen-bond donors (Lipinski definition) is 0. The molecule has 0 aliphatic rings. The molecule has 0 bridgehead atoms. The Bertz CT molecular complexity index is 91.2. The van der Waals surface area contributed by atoms with E-state index in [-0.39, 0.29) is 0 Å². The molecule has 0 atom stereocenters. The molecule has 0 N–H and O–H groups in total. The molecule has 0 unspecified atom stereocenters. The molecule has 0 aromatic rings. The molecule has 0 aromatic carbocycles. The van der Waals surface area contributed by atoms with Crippen molar-refractivity contribution in [2.75, 3.05) is 26.4 Å². The summed E-state index contributed by atoms with van der Waals surface area (Å²) in [6, 6.07) is 0. The molecule has 0 rings (SSSR count). The second-order valence-corrected chi connectivity index (χ2v) is 7.53. The average molecular weight is 271 g/mol. The van der Waals surface area contributed by atoms with Crippen LogP contribution in [0.15, 0.2) is 0 Å². The van der Waals surface area contributed by atoms with Gasteiger partial charge in [-0.05, 0) is 0 Å². The van der Waals surface area contributed by atoms with Crippen LogP contribution in [0.4, 0.5) is 0 Å². The third kappa shape index (κ3) is 5.23. The predicted molar refractivity (Wildman–Crippen MR) is 46.5 cm³/mol. The van der Waals surface area contributed by atoms with Gasteiger partial charge in [-0.3, -0.25) is 0 Å². The second-order valence-electron chi connectivity index (χ2n) is 2.23. The summed E-state index contributed by atoms with van der Waals surface area (Å²) in [5.74, 6) is 0. The topological polar surface area (TPSA) is 36.9 Å². The Hall–Kier alpha value is 0.723. The van der Waals surface area contributed by atoms with Crippen molar-refractivity contribution in [2.24, 2.45) is 0 Å². The first-order valence-corrected chi connectivity index (χ1v) is 8.81. The van der Waals surface area contributed by atoms with E-state index in [0.29, 0.717) is 26.4 Å². The molecule has 0 fully saturated rings. The summed E-state index contributed by atoms with van der Waals surface area (Å²) in [6.07, 6.45) is 0. The van der Waals surface area contributed by atoms with Gasteiger partial charge in [0.2, 0.25) is 0 Å². The maximum atomic E-state index is 5.49. The Labute approximate surface area is 87.4 Å². The van der Waals surface area contributed by atoms with Gasteiger partial charge in [-0.15, -0.1) is 0 Å². The SMILES string of the molecule is CC[O][Zr]([O]CC)([O]CC)[O]CC. The fourth-order valence-electron chi connectivity index (χ4n) is 0.957. The first-order chi connectivity index (χ1) is 6.24. The first-order valence-electron chi connectivity index (χ1n) is 4.80. The van der Waals surface area contributed by atoms with Crippen LogP contribution in [0.1, 0.15) is 27.7 Å². The molecule has 0 aliphatic carbocycles. The minimum absolute atomic E-state index is 0.579. The fraction of sp³-hybridized carbons (Fsp3) is 1.00. The second kappa shape index (κ2) is 8.07. The van der Waals surface area contributed by atoms with E-state index < -0.39 is 22.0 Å². The zero-order valence-corrected chi connectivity index (χ0v) is 11.4. The number of hydrogen-bond acceptors (Lipinski definition) is 4. The van der Waals surface area contributed by atoms with Gasteiger partial charge in [0.05, 0.1) is 0 Å². The molecule has 80 valence electrons. The molecule has 0 radical (unpaired) electrons. The standard InChI is InChI=1S/4C2H5O.Zr/c4*1-2-3;/h4*2H2,1H3;/q4*-1;+4. The van der Waals surface area contributed by atoms with Crippen LogP contribution in [-0.4, -0.2) is 26.4 Å². The van der Waals surface area contributed by atoms with Crippen molar-refractivity contribution in [2.45, 2.75) is 27.7 Å². The van der Waals surface area contributed by atoms with Gasteiger partial charge in [0, 0.05) is 0 Å². The molecule has 4 nitrogen and oxygen atoms in total. The Morgan fingerprint density at radius 2 is 0.846 bits per heavy atom. The summed E-state index contributed by atoms with van der Waals surface area (Å²) >= 11 is -3.56. The molecule has 0 aliphatic heterocycles. The zero-order valence-electron chi connectivity index (χ0n) is 8.96. The average Bonchev–Trinajstić information content (AvgIpc) is 2.06. The van der Waals surface area contributed by atoms with Gasteiger partial charge in [0.25, 0.3) is 0 Å². The van der Waals surface area contributed by atoms with E-state index >= 15 is 0 Å². The van der Waals surface area contributed by atoms with E-state index in [1.165, 1.54) is 0 Å².